The van der Waals surface area contributed by atoms with E-state index in [0.717, 1.165) is 35.2 Å². The number of halogens is 1. The zero-order chi connectivity index (χ0) is 15.5. The minimum absolute atomic E-state index is 0.348. The third-order valence-electron chi connectivity index (χ3n) is 3.76. The Hall–Kier alpha value is -0.630. The molecule has 0 aliphatic carbocycles. The molecule has 5 nitrogen and oxygen atoms in total. The lowest BCUT2D eigenvalue weighted by Gasteiger charge is -2.30. The molecule has 118 valence electrons. The van der Waals surface area contributed by atoms with E-state index < -0.39 is 10.0 Å². The summed E-state index contributed by atoms with van der Waals surface area (Å²) in [7, 11) is -1.40. The quantitative estimate of drug-likeness (QED) is 0.853. The van der Waals surface area contributed by atoms with E-state index in [2.05, 4.69) is 21.2 Å². The molecule has 0 atom stereocenters. The molecule has 1 heterocycles. The Kier molecular flexibility index (Phi) is 5.65. The Morgan fingerprint density at radius 3 is 2.62 bits per heavy atom. The largest absolute Gasteiger partial charge is 0.497 e. The smallest absolute Gasteiger partial charge is 0.211 e. The third-order valence-corrected chi connectivity index (χ3v) is 5.83. The van der Waals surface area contributed by atoms with Crippen LogP contribution in [0.2, 0.25) is 0 Å². The summed E-state index contributed by atoms with van der Waals surface area (Å²) in [6.45, 7) is 1.92. The standard InChI is InChI=1S/C14H21BrN2O3S/c1-20-13-3-4-14(15)11(9-13)10-16-12-5-7-17(8-6-12)21(2,18)19/h3-4,9,12,16H,5-8,10H2,1-2H3. The molecule has 1 aliphatic heterocycles. The van der Waals surface area contributed by atoms with Crippen LogP contribution in [0.1, 0.15) is 18.4 Å². The zero-order valence-electron chi connectivity index (χ0n) is 12.3. The van der Waals surface area contributed by atoms with Crippen molar-refractivity contribution >= 4 is 26.0 Å². The average Bonchev–Trinajstić information content (AvgIpc) is 2.46. The summed E-state index contributed by atoms with van der Waals surface area (Å²) in [4.78, 5) is 0. The summed E-state index contributed by atoms with van der Waals surface area (Å²) in [5, 5.41) is 3.49. The van der Waals surface area contributed by atoms with E-state index in [9.17, 15) is 8.42 Å². The molecule has 0 spiro atoms. The van der Waals surface area contributed by atoms with E-state index in [1.807, 2.05) is 18.2 Å². The first-order chi connectivity index (χ1) is 9.90. The van der Waals surface area contributed by atoms with E-state index in [0.29, 0.717) is 19.1 Å². The van der Waals surface area contributed by atoms with Gasteiger partial charge >= 0.3 is 0 Å². The third kappa shape index (κ3) is 4.67. The van der Waals surface area contributed by atoms with Crippen LogP contribution in [0.5, 0.6) is 5.75 Å². The maximum Gasteiger partial charge on any atom is 0.211 e. The van der Waals surface area contributed by atoms with Crippen LogP contribution in [-0.2, 0) is 16.6 Å². The first-order valence-electron chi connectivity index (χ1n) is 6.91. The number of nitrogens with one attached hydrogen (secondary N) is 1. The lowest BCUT2D eigenvalue weighted by atomic mass is 10.1. The van der Waals surface area contributed by atoms with E-state index in [1.165, 1.54) is 6.26 Å². The topological polar surface area (TPSA) is 58.6 Å². The first kappa shape index (κ1) is 16.7. The second-order valence-corrected chi connectivity index (χ2v) is 8.11. The van der Waals surface area contributed by atoms with Gasteiger partial charge in [-0.15, -0.1) is 0 Å². The molecule has 0 radical (unpaired) electrons. The van der Waals surface area contributed by atoms with Crippen molar-refractivity contribution in [1.82, 2.24) is 9.62 Å². The van der Waals surface area contributed by atoms with Gasteiger partial charge in [0.2, 0.25) is 10.0 Å². The number of rotatable bonds is 5. The Balaban J connectivity index is 1.88. The van der Waals surface area contributed by atoms with E-state index >= 15 is 0 Å². The van der Waals surface area contributed by atoms with Crippen molar-refractivity contribution in [1.29, 1.82) is 0 Å². The van der Waals surface area contributed by atoms with Crippen LogP contribution in [0.4, 0.5) is 0 Å². The van der Waals surface area contributed by atoms with Gasteiger partial charge in [-0.05, 0) is 36.6 Å². The monoisotopic (exact) mass is 376 g/mol. The molecule has 0 unspecified atom stereocenters. The second kappa shape index (κ2) is 7.09. The van der Waals surface area contributed by atoms with Gasteiger partial charge < -0.3 is 10.1 Å². The lowest BCUT2D eigenvalue weighted by Crippen LogP contribution is -2.44. The molecule has 1 saturated heterocycles. The Bertz CT molecular complexity index is 584. The minimum Gasteiger partial charge on any atom is -0.497 e. The fourth-order valence-electron chi connectivity index (χ4n) is 2.46. The van der Waals surface area contributed by atoms with Crippen LogP contribution in [0.3, 0.4) is 0 Å². The number of benzene rings is 1. The number of piperidine rings is 1. The van der Waals surface area contributed by atoms with Gasteiger partial charge in [0.05, 0.1) is 13.4 Å². The highest BCUT2D eigenvalue weighted by atomic mass is 79.9. The molecular formula is C14H21BrN2O3S. The maximum atomic E-state index is 11.5. The van der Waals surface area contributed by atoms with E-state index in [-0.39, 0.29) is 0 Å². The van der Waals surface area contributed by atoms with Crippen molar-refractivity contribution in [2.75, 3.05) is 26.5 Å². The highest BCUT2D eigenvalue weighted by molar-refractivity contribution is 9.10. The highest BCUT2D eigenvalue weighted by Crippen LogP contribution is 2.23. The Labute approximate surface area is 134 Å². The number of methoxy groups -OCH3 is 1. The van der Waals surface area contributed by atoms with Gasteiger partial charge in [0.25, 0.3) is 0 Å². The van der Waals surface area contributed by atoms with Crippen LogP contribution in [0.15, 0.2) is 22.7 Å². The van der Waals surface area contributed by atoms with Crippen LogP contribution < -0.4 is 10.1 Å². The number of sulfonamides is 1. The molecule has 21 heavy (non-hydrogen) atoms. The molecule has 1 aromatic rings. The molecule has 0 bridgehead atoms. The van der Waals surface area contributed by atoms with Gasteiger partial charge in [-0.3, -0.25) is 0 Å². The summed E-state index contributed by atoms with van der Waals surface area (Å²) in [5.74, 6) is 0.835. The van der Waals surface area contributed by atoms with Crippen molar-refractivity contribution in [3.05, 3.63) is 28.2 Å². The van der Waals surface area contributed by atoms with Crippen molar-refractivity contribution < 1.29 is 13.2 Å². The summed E-state index contributed by atoms with van der Waals surface area (Å²) in [5.41, 5.74) is 1.14. The predicted octanol–water partition coefficient (Wildman–Crippen LogP) is 1.97. The molecular weight excluding hydrogens is 356 g/mol. The molecule has 0 aromatic heterocycles. The fourth-order valence-corrected chi connectivity index (χ4v) is 3.72. The van der Waals surface area contributed by atoms with Gasteiger partial charge in [-0.2, -0.15) is 0 Å². The maximum absolute atomic E-state index is 11.5. The van der Waals surface area contributed by atoms with E-state index in [1.54, 1.807) is 11.4 Å². The van der Waals surface area contributed by atoms with Crippen LogP contribution in [-0.4, -0.2) is 45.2 Å². The SMILES string of the molecule is COc1ccc(Br)c(CNC2CCN(S(C)(=O)=O)CC2)c1. The molecule has 1 aromatic carbocycles. The normalized spacial score (nSPS) is 17.9. The molecule has 2 rings (SSSR count). The van der Waals surface area contributed by atoms with Crippen LogP contribution in [0.25, 0.3) is 0 Å². The summed E-state index contributed by atoms with van der Waals surface area (Å²) < 4.78 is 30.8. The summed E-state index contributed by atoms with van der Waals surface area (Å²) in [6.07, 6.45) is 2.96. The van der Waals surface area contributed by atoms with Gasteiger partial charge in [0.15, 0.2) is 0 Å². The van der Waals surface area contributed by atoms with Crippen LogP contribution >= 0.6 is 15.9 Å². The molecule has 1 aliphatic rings. The molecule has 1 N–H and O–H groups in total. The van der Waals surface area contributed by atoms with Crippen molar-refractivity contribution in [3.8, 4) is 5.75 Å². The van der Waals surface area contributed by atoms with Gasteiger partial charge in [0, 0.05) is 30.1 Å². The minimum atomic E-state index is -3.05. The van der Waals surface area contributed by atoms with Crippen molar-refractivity contribution in [2.45, 2.75) is 25.4 Å². The summed E-state index contributed by atoms with van der Waals surface area (Å²) >= 11 is 3.54. The summed E-state index contributed by atoms with van der Waals surface area (Å²) in [6, 6.07) is 6.24. The van der Waals surface area contributed by atoms with E-state index in [4.69, 9.17) is 4.74 Å². The predicted molar refractivity (Wildman–Crippen MR) is 87.0 cm³/mol. The number of hydrogen-bond donors (Lipinski definition) is 1. The highest BCUT2D eigenvalue weighted by Gasteiger charge is 2.24. The lowest BCUT2D eigenvalue weighted by molar-refractivity contribution is 0.290. The van der Waals surface area contributed by atoms with Gasteiger partial charge in [-0.25, -0.2) is 12.7 Å². The van der Waals surface area contributed by atoms with Gasteiger partial charge in [0.1, 0.15) is 5.75 Å². The number of hydrogen-bond acceptors (Lipinski definition) is 4. The Morgan fingerprint density at radius 2 is 2.05 bits per heavy atom. The fraction of sp³-hybridized carbons (Fsp3) is 0.571. The molecule has 0 saturated carbocycles. The van der Waals surface area contributed by atoms with Crippen LogP contribution in [0, 0.1) is 0 Å². The Morgan fingerprint density at radius 1 is 1.38 bits per heavy atom. The van der Waals surface area contributed by atoms with Crippen molar-refractivity contribution in [2.24, 2.45) is 0 Å². The molecule has 1 fully saturated rings. The molecule has 0 amide bonds. The van der Waals surface area contributed by atoms with Crippen molar-refractivity contribution in [3.63, 3.8) is 0 Å². The zero-order valence-corrected chi connectivity index (χ0v) is 14.7. The first-order valence-corrected chi connectivity index (χ1v) is 9.55. The number of ether oxygens (including phenoxy) is 1. The average molecular weight is 377 g/mol. The van der Waals surface area contributed by atoms with Gasteiger partial charge in [-0.1, -0.05) is 15.9 Å². The second-order valence-electron chi connectivity index (χ2n) is 5.27. The number of nitrogens with zero attached hydrogens (tertiary/aromatic N) is 1. The molecule has 7 heteroatoms.